The van der Waals surface area contributed by atoms with Gasteiger partial charge in [-0.2, -0.15) is 4.31 Å². The Morgan fingerprint density at radius 2 is 1.85 bits per heavy atom. The van der Waals surface area contributed by atoms with Gasteiger partial charge in [0.05, 0.1) is 20.3 Å². The molecule has 0 saturated heterocycles. The van der Waals surface area contributed by atoms with Crippen LogP contribution in [0.25, 0.3) is 0 Å². The maximum atomic E-state index is 13.5. The number of benzene rings is 2. The summed E-state index contributed by atoms with van der Waals surface area (Å²) in [5.41, 5.74) is 0.498. The fourth-order valence-corrected chi connectivity index (χ4v) is 3.60. The van der Waals surface area contributed by atoms with Gasteiger partial charge in [0.15, 0.2) is 0 Å². The summed E-state index contributed by atoms with van der Waals surface area (Å²) >= 11 is 0. The average Bonchev–Trinajstić information content (AvgIpc) is 2.63. The lowest BCUT2D eigenvalue weighted by Gasteiger charge is -2.18. The van der Waals surface area contributed by atoms with Crippen molar-refractivity contribution in [3.63, 3.8) is 0 Å². The number of carbonyl (C=O) groups is 1. The zero-order valence-corrected chi connectivity index (χ0v) is 16.0. The fourth-order valence-electron chi connectivity index (χ4n) is 2.31. The average molecular weight is 396 g/mol. The molecule has 0 bridgehead atoms. The molecule has 2 aromatic carbocycles. The number of rotatable bonds is 8. The monoisotopic (exact) mass is 396 g/mol. The van der Waals surface area contributed by atoms with Crippen LogP contribution in [0.3, 0.4) is 0 Å². The van der Waals surface area contributed by atoms with Gasteiger partial charge in [0.2, 0.25) is 15.9 Å². The van der Waals surface area contributed by atoms with Gasteiger partial charge in [0, 0.05) is 12.7 Å². The molecule has 7 nitrogen and oxygen atoms in total. The summed E-state index contributed by atoms with van der Waals surface area (Å²) in [5.74, 6) is -0.606. The number of hydrogen-bond acceptors (Lipinski definition) is 5. The smallest absolute Gasteiger partial charge is 0.247 e. The van der Waals surface area contributed by atoms with Crippen molar-refractivity contribution < 1.29 is 27.1 Å². The summed E-state index contributed by atoms with van der Waals surface area (Å²) in [6, 6.07) is 9.84. The second-order valence-electron chi connectivity index (χ2n) is 5.56. The lowest BCUT2D eigenvalue weighted by molar-refractivity contribution is -0.116. The molecular weight excluding hydrogens is 375 g/mol. The van der Waals surface area contributed by atoms with E-state index in [2.05, 4.69) is 5.32 Å². The van der Waals surface area contributed by atoms with E-state index in [0.29, 0.717) is 18.0 Å². The predicted octanol–water partition coefficient (Wildman–Crippen LogP) is 2.49. The van der Waals surface area contributed by atoms with Crippen molar-refractivity contribution in [2.24, 2.45) is 0 Å². The highest BCUT2D eigenvalue weighted by atomic mass is 32.2. The summed E-state index contributed by atoms with van der Waals surface area (Å²) < 4.78 is 49.9. The number of nitrogens with zero attached hydrogens (tertiary/aromatic N) is 1. The first-order valence-corrected chi connectivity index (χ1v) is 9.54. The van der Waals surface area contributed by atoms with E-state index in [-0.39, 0.29) is 10.6 Å². The fraction of sp³-hybridized carbons (Fsp3) is 0.278. The summed E-state index contributed by atoms with van der Waals surface area (Å²) in [6.45, 7) is 1.94. The number of hydrogen-bond donors (Lipinski definition) is 1. The SMILES string of the molecule is CCOc1ccc(NC(=O)CN(C)S(=O)(=O)c2cc(F)ccc2OC)cc1. The van der Waals surface area contributed by atoms with Crippen LogP contribution < -0.4 is 14.8 Å². The number of ether oxygens (including phenoxy) is 2. The van der Waals surface area contributed by atoms with Crippen molar-refractivity contribution in [3.05, 3.63) is 48.3 Å². The topological polar surface area (TPSA) is 84.9 Å². The van der Waals surface area contributed by atoms with Crippen LogP contribution in [0.1, 0.15) is 6.92 Å². The minimum atomic E-state index is -4.12. The van der Waals surface area contributed by atoms with Gasteiger partial charge in [-0.15, -0.1) is 0 Å². The van der Waals surface area contributed by atoms with Crippen LogP contribution in [-0.2, 0) is 14.8 Å². The lowest BCUT2D eigenvalue weighted by atomic mass is 10.3. The predicted molar refractivity (Wildman–Crippen MR) is 99.0 cm³/mol. The molecule has 0 saturated carbocycles. The van der Waals surface area contributed by atoms with Crippen LogP contribution in [0.2, 0.25) is 0 Å². The zero-order valence-electron chi connectivity index (χ0n) is 15.2. The standard InChI is InChI=1S/C18H21FN2O5S/c1-4-26-15-8-6-14(7-9-15)20-18(22)12-21(2)27(23,24)17-11-13(19)5-10-16(17)25-3/h5-11H,4,12H2,1-3H3,(H,20,22). The third-order valence-corrected chi connectivity index (χ3v) is 5.45. The molecule has 0 atom stereocenters. The molecule has 0 aliphatic carbocycles. The second kappa shape index (κ2) is 8.83. The summed E-state index contributed by atoms with van der Waals surface area (Å²) in [4.78, 5) is 11.8. The highest BCUT2D eigenvalue weighted by Crippen LogP contribution is 2.27. The van der Waals surface area contributed by atoms with Gasteiger partial charge in [-0.25, -0.2) is 12.8 Å². The van der Waals surface area contributed by atoms with Crippen molar-refractivity contribution in [1.29, 1.82) is 0 Å². The van der Waals surface area contributed by atoms with E-state index in [1.165, 1.54) is 20.2 Å². The molecule has 0 unspecified atom stereocenters. The van der Waals surface area contributed by atoms with Gasteiger partial charge >= 0.3 is 0 Å². The number of methoxy groups -OCH3 is 1. The van der Waals surface area contributed by atoms with E-state index in [9.17, 15) is 17.6 Å². The maximum Gasteiger partial charge on any atom is 0.247 e. The van der Waals surface area contributed by atoms with Gasteiger partial charge < -0.3 is 14.8 Å². The molecule has 27 heavy (non-hydrogen) atoms. The number of likely N-dealkylation sites (N-methyl/N-ethyl adjacent to an activating group) is 1. The maximum absolute atomic E-state index is 13.5. The number of nitrogens with one attached hydrogen (secondary N) is 1. The number of anilines is 1. The molecule has 0 aliphatic heterocycles. The summed E-state index contributed by atoms with van der Waals surface area (Å²) in [5, 5.41) is 2.60. The van der Waals surface area contributed by atoms with Crippen LogP contribution in [0.4, 0.5) is 10.1 Å². The van der Waals surface area contributed by atoms with Crippen LogP contribution in [0.5, 0.6) is 11.5 Å². The highest BCUT2D eigenvalue weighted by Gasteiger charge is 2.27. The molecule has 0 radical (unpaired) electrons. The Hall–Kier alpha value is -2.65. The first kappa shape index (κ1) is 20.7. The lowest BCUT2D eigenvalue weighted by Crippen LogP contribution is -2.35. The molecule has 2 aromatic rings. The molecule has 1 amide bonds. The van der Waals surface area contributed by atoms with E-state index >= 15 is 0 Å². The molecular formula is C18H21FN2O5S. The Kier molecular flexibility index (Phi) is 6.75. The number of halogens is 1. The first-order valence-electron chi connectivity index (χ1n) is 8.10. The van der Waals surface area contributed by atoms with Gasteiger partial charge in [0.1, 0.15) is 22.2 Å². The van der Waals surface area contributed by atoms with E-state index in [1.807, 2.05) is 6.92 Å². The van der Waals surface area contributed by atoms with Crippen LogP contribution >= 0.6 is 0 Å². The first-order chi connectivity index (χ1) is 12.8. The van der Waals surface area contributed by atoms with E-state index < -0.39 is 28.3 Å². The number of carbonyl (C=O) groups excluding carboxylic acids is 1. The molecule has 0 fully saturated rings. The van der Waals surface area contributed by atoms with Crippen molar-refractivity contribution >= 4 is 21.6 Å². The molecule has 0 aromatic heterocycles. The quantitative estimate of drug-likeness (QED) is 0.741. The van der Waals surface area contributed by atoms with Gasteiger partial charge in [-0.05, 0) is 49.4 Å². The van der Waals surface area contributed by atoms with Gasteiger partial charge in [-0.1, -0.05) is 0 Å². The molecule has 0 heterocycles. The van der Waals surface area contributed by atoms with Crippen molar-refractivity contribution in [1.82, 2.24) is 4.31 Å². The third kappa shape index (κ3) is 5.18. The van der Waals surface area contributed by atoms with Gasteiger partial charge in [-0.3, -0.25) is 4.79 Å². The normalized spacial score (nSPS) is 11.3. The molecule has 0 aliphatic rings. The third-order valence-electron chi connectivity index (χ3n) is 3.63. The van der Waals surface area contributed by atoms with Crippen molar-refractivity contribution in [3.8, 4) is 11.5 Å². The molecule has 2 rings (SSSR count). The minimum absolute atomic E-state index is 0.00447. The number of sulfonamides is 1. The Bertz CT molecular complexity index is 900. The minimum Gasteiger partial charge on any atom is -0.495 e. The Morgan fingerprint density at radius 1 is 1.19 bits per heavy atom. The highest BCUT2D eigenvalue weighted by molar-refractivity contribution is 7.89. The molecule has 1 N–H and O–H groups in total. The van der Waals surface area contributed by atoms with Crippen molar-refractivity contribution in [2.75, 3.05) is 32.6 Å². The van der Waals surface area contributed by atoms with E-state index in [4.69, 9.17) is 9.47 Å². The number of amides is 1. The molecule has 9 heteroatoms. The van der Waals surface area contributed by atoms with E-state index in [1.54, 1.807) is 24.3 Å². The van der Waals surface area contributed by atoms with Crippen molar-refractivity contribution in [2.45, 2.75) is 11.8 Å². The van der Waals surface area contributed by atoms with E-state index in [0.717, 1.165) is 16.4 Å². The second-order valence-corrected chi connectivity index (χ2v) is 7.58. The van der Waals surface area contributed by atoms with Crippen LogP contribution in [0.15, 0.2) is 47.4 Å². The molecule has 146 valence electrons. The largest absolute Gasteiger partial charge is 0.495 e. The zero-order chi connectivity index (χ0) is 20.0. The Labute approximate surface area is 157 Å². The summed E-state index contributed by atoms with van der Waals surface area (Å²) in [6.07, 6.45) is 0. The van der Waals surface area contributed by atoms with Gasteiger partial charge in [0.25, 0.3) is 0 Å². The summed E-state index contributed by atoms with van der Waals surface area (Å²) in [7, 11) is -1.60. The molecule has 0 spiro atoms. The Balaban J connectivity index is 2.10. The Morgan fingerprint density at radius 3 is 2.44 bits per heavy atom. The van der Waals surface area contributed by atoms with Crippen LogP contribution in [-0.4, -0.2) is 45.9 Å². The van der Waals surface area contributed by atoms with Crippen LogP contribution in [0, 0.1) is 5.82 Å².